The van der Waals surface area contributed by atoms with Crippen LogP contribution in [0.1, 0.15) is 160 Å². The van der Waals surface area contributed by atoms with E-state index in [4.69, 9.17) is 32.4 Å². The maximum atomic E-state index is 12.5. The SMILES string of the molecule is CC(=O)N1CCC(C(=O)n2ccc(/C=C/c3cccs3)n2)CC1.COc1c(C(=O)n2ccc(/C=C/c3cccs3)n2)csc1Cl.O=C(c1ccc(Cl)nc1)n1ccc(/C=C/c2cccs2)n1.O=C(c1ccco1)n1ccc(/C=C/c2cccs2)n1.O=C(c1cccs1)n1ccc(/C=C/c2cccs2)n1.O=C(c1ccsc1)n1ccc(/C=C/c2cccs2)n1.O=C(c1csc([N+](=O)[O-])c1)n1ccc(/C=C/c2cccs2)n1. The number of aromatic nitrogens is 15. The van der Waals surface area contributed by atoms with Gasteiger partial charge in [0.25, 0.3) is 29.5 Å². The van der Waals surface area contributed by atoms with Crippen LogP contribution in [0.2, 0.25) is 9.49 Å². The molecule has 42 heteroatoms. The average Bonchev–Trinajstić information content (AvgIpc) is 1.72. The molecule has 0 aliphatic carbocycles. The van der Waals surface area contributed by atoms with Crippen LogP contribution in [-0.2, 0) is 4.79 Å². The van der Waals surface area contributed by atoms with Gasteiger partial charge in [-0.1, -0.05) is 83.1 Å². The van der Waals surface area contributed by atoms with Gasteiger partial charge in [-0.05, 0) is 268 Å². The Bertz CT molecular complexity index is 7510. The van der Waals surface area contributed by atoms with Gasteiger partial charge in [-0.25, -0.2) is 37.8 Å². The van der Waals surface area contributed by atoms with E-state index in [9.17, 15) is 48.5 Å². The lowest BCUT2D eigenvalue weighted by Crippen LogP contribution is -2.40. The number of ether oxygens (including phenoxy) is 1. The van der Waals surface area contributed by atoms with Crippen molar-refractivity contribution in [2.75, 3.05) is 20.2 Å². The molecule has 0 bridgehead atoms. The number of likely N-dealkylation sites (tertiary alicyclic amines) is 1. The van der Waals surface area contributed by atoms with Crippen molar-refractivity contribution in [3.8, 4) is 5.75 Å². The van der Waals surface area contributed by atoms with Gasteiger partial charge >= 0.3 is 10.9 Å². The largest absolute Gasteiger partial charge is 0.493 e. The quantitative estimate of drug-likeness (QED) is 0.0326. The van der Waals surface area contributed by atoms with Crippen LogP contribution in [0.25, 0.3) is 85.1 Å². The van der Waals surface area contributed by atoms with Gasteiger partial charge in [-0.2, -0.15) is 47.0 Å². The van der Waals surface area contributed by atoms with Crippen LogP contribution in [0.5, 0.6) is 5.75 Å². The summed E-state index contributed by atoms with van der Waals surface area (Å²) in [6.07, 6.45) is 42.8. The van der Waals surface area contributed by atoms with E-state index >= 15 is 0 Å². The molecule has 0 atom stereocenters. The average molecular weight is 2170 g/mol. The number of nitrogens with zero attached hydrogens (tertiary/aromatic N) is 17. The molecule has 0 spiro atoms. The van der Waals surface area contributed by atoms with Crippen LogP contribution in [0, 0.1) is 16.0 Å². The van der Waals surface area contributed by atoms with E-state index in [1.165, 1.54) is 108 Å². The molecule has 20 aromatic heterocycles. The van der Waals surface area contributed by atoms with Crippen LogP contribution in [0.3, 0.4) is 0 Å². The number of hydrogen-bond acceptors (Lipinski definition) is 31. The topological polar surface area (TPSA) is 343 Å². The van der Waals surface area contributed by atoms with Crippen LogP contribution < -0.4 is 4.74 Å². The molecule has 20 aromatic rings. The van der Waals surface area contributed by atoms with Gasteiger partial charge in [0.15, 0.2) is 11.5 Å². The molecule has 0 N–H and O–H groups in total. The Morgan fingerprint density at radius 3 is 1.10 bits per heavy atom. The fourth-order valence-electron chi connectivity index (χ4n) is 12.9. The van der Waals surface area contributed by atoms with Crippen molar-refractivity contribution in [3.63, 3.8) is 0 Å². The number of amides is 1. The molecule has 1 amide bonds. The Balaban J connectivity index is 0.000000127. The minimum Gasteiger partial charge on any atom is -0.493 e. The first-order valence-corrected chi connectivity index (χ1v) is 53.9. The summed E-state index contributed by atoms with van der Waals surface area (Å²) in [6.45, 7) is 2.87. The van der Waals surface area contributed by atoms with Crippen LogP contribution in [-0.4, -0.2) is 151 Å². The number of pyridine rings is 1. The van der Waals surface area contributed by atoms with Gasteiger partial charge in [-0.3, -0.25) is 48.5 Å². The normalized spacial score (nSPS) is 11.9. The Morgan fingerprint density at radius 1 is 0.386 bits per heavy atom. The second-order valence-corrected chi connectivity index (χ2v) is 41.3. The summed E-state index contributed by atoms with van der Waals surface area (Å²) in [4.78, 5) is 121. The molecule has 21 rings (SSSR count). The first-order chi connectivity index (χ1) is 70.6. The molecule has 1 aliphatic heterocycles. The molecule has 728 valence electrons. The molecular weight excluding hydrogens is 2090 g/mol. The fourth-order valence-corrected chi connectivity index (χ4v) is 20.4. The van der Waals surface area contributed by atoms with E-state index in [0.717, 1.165) is 64.2 Å². The summed E-state index contributed by atoms with van der Waals surface area (Å²) in [5.74, 6) is -0.659. The second-order valence-electron chi connectivity index (χ2n) is 29.9. The molecular formula is C103H79Cl2N17O12S11. The smallest absolute Gasteiger partial charge is 0.324 e. The predicted molar refractivity (Wildman–Crippen MR) is 586 cm³/mol. The molecule has 1 saturated heterocycles. The standard InChI is InChI=1S/C17H19N3O2S.C15H10ClN3OS.C15H11ClN2O2S2.C14H9N3O3S2.C14H10N2O2S.2C14H10N2OS2/c1-13(21)19-9-6-14(7-10-19)17(22)20-11-8-15(18-20)4-5-16-3-2-12-23-16;16-14-6-3-11(10-17-14)15(20)19-8-7-12(18-19)4-5-13-2-1-9-21-13;1-20-13-12(9-22-14(13)16)15(19)18-7-6-10(17-18)4-5-11-3-2-8-21-11;18-14(10-8-13(17(19)20)22-9-10)16-6-5-11(15-16)3-4-12-2-1-7-21-12;17-14(13-4-1-9-18-13)16-8-7-11(15-16)5-6-12-3-2-10-19-12;17-14(13-4-2-10-19-13)16-8-7-11(15-16)5-6-12-3-1-9-18-12;17-14(11-6-9-18-10-11)16-7-5-12(15-16)3-4-13-2-1-8-19-13/h2-5,8,11-12,14H,6-7,9-10H2,1H3;1-10H;2-9H,1H3;1-9H;3*1-10H/b3*5-4+;4-3+;2*6-5+;4-3+. The van der Waals surface area contributed by atoms with Crippen molar-refractivity contribution < 1.29 is 52.4 Å². The van der Waals surface area contributed by atoms with Crippen molar-refractivity contribution in [2.24, 2.45) is 5.92 Å². The van der Waals surface area contributed by atoms with Crippen molar-refractivity contribution in [1.82, 2.24) is 78.3 Å². The molecule has 1 aliphatic rings. The van der Waals surface area contributed by atoms with E-state index in [-0.39, 0.29) is 69.5 Å². The lowest BCUT2D eigenvalue weighted by atomic mass is 9.96. The Morgan fingerprint density at radius 2 is 0.759 bits per heavy atom. The lowest BCUT2D eigenvalue weighted by Gasteiger charge is -2.30. The van der Waals surface area contributed by atoms with E-state index in [1.54, 1.807) is 201 Å². The van der Waals surface area contributed by atoms with Crippen LogP contribution >= 0.6 is 148 Å². The Hall–Kier alpha value is -15.3. The Kier molecular flexibility index (Phi) is 37.8. The van der Waals surface area contributed by atoms with E-state index < -0.39 is 4.92 Å². The highest BCUT2D eigenvalue weighted by atomic mass is 35.5. The van der Waals surface area contributed by atoms with Gasteiger partial charge in [-0.15, -0.1) is 102 Å². The number of rotatable bonds is 23. The summed E-state index contributed by atoms with van der Waals surface area (Å²) in [5.41, 5.74) is 6.91. The van der Waals surface area contributed by atoms with Gasteiger partial charge in [0.1, 0.15) is 9.49 Å². The zero-order valence-corrected chi connectivity index (χ0v) is 86.6. The molecule has 0 radical (unpaired) electrons. The summed E-state index contributed by atoms with van der Waals surface area (Å²) in [6, 6.07) is 53.8. The monoisotopic (exact) mass is 2170 g/mol. The molecule has 145 heavy (non-hydrogen) atoms. The minimum absolute atomic E-state index is 0.0176. The molecule has 0 saturated carbocycles. The van der Waals surface area contributed by atoms with Gasteiger partial charge in [0.05, 0.1) is 85.3 Å². The molecule has 0 unspecified atom stereocenters. The molecule has 0 aromatic carbocycles. The van der Waals surface area contributed by atoms with Gasteiger partial charge < -0.3 is 14.1 Å². The highest BCUT2D eigenvalue weighted by Crippen LogP contribution is 2.36. The molecule has 29 nitrogen and oxygen atoms in total. The number of furan rings is 1. The first kappa shape index (κ1) is 104. The zero-order chi connectivity index (χ0) is 101. The Labute approximate surface area is 882 Å². The summed E-state index contributed by atoms with van der Waals surface area (Å²) in [5, 5.41) is 63.5. The summed E-state index contributed by atoms with van der Waals surface area (Å²) < 4.78 is 19.9. The first-order valence-electron chi connectivity index (χ1n) is 43.4. The number of hydrogen-bond donors (Lipinski definition) is 0. The zero-order valence-electron chi connectivity index (χ0n) is 76.1. The van der Waals surface area contributed by atoms with Crippen molar-refractivity contribution in [3.05, 3.63) is 423 Å². The third-order valence-corrected chi connectivity index (χ3v) is 29.8. The number of carbonyl (C=O) groups excluding carboxylic acids is 8. The minimum atomic E-state index is -0.514. The third-order valence-electron chi connectivity index (χ3n) is 20.1. The third kappa shape index (κ3) is 30.4. The van der Waals surface area contributed by atoms with Crippen molar-refractivity contribution in [2.45, 2.75) is 19.8 Å². The van der Waals surface area contributed by atoms with Crippen molar-refractivity contribution >= 4 is 285 Å². The number of methoxy groups -OCH3 is 1. The van der Waals surface area contributed by atoms with Gasteiger partial charge in [0.2, 0.25) is 11.8 Å². The predicted octanol–water partition coefficient (Wildman–Crippen LogP) is 26.3. The second kappa shape index (κ2) is 52.6. The number of thiophene rings is 11. The number of halogens is 2. The van der Waals surface area contributed by atoms with E-state index in [0.29, 0.717) is 74.1 Å². The van der Waals surface area contributed by atoms with Crippen LogP contribution in [0.4, 0.5) is 5.00 Å². The molecule has 1 fully saturated rings. The highest BCUT2D eigenvalue weighted by molar-refractivity contribution is 7.15. The number of piperidine rings is 1. The number of carbonyl (C=O) groups is 8. The summed E-state index contributed by atoms with van der Waals surface area (Å²) in [7, 11) is 1.49. The highest BCUT2D eigenvalue weighted by Gasteiger charge is 2.28. The molecule has 21 heterocycles. The summed E-state index contributed by atoms with van der Waals surface area (Å²) >= 11 is 28.3. The van der Waals surface area contributed by atoms with Crippen LogP contribution in [0.15, 0.2) is 301 Å². The van der Waals surface area contributed by atoms with Crippen molar-refractivity contribution in [1.29, 1.82) is 0 Å². The maximum Gasteiger partial charge on any atom is 0.324 e. The lowest BCUT2D eigenvalue weighted by molar-refractivity contribution is -0.380. The van der Waals surface area contributed by atoms with E-state index in [2.05, 4.69) is 40.7 Å². The maximum absolute atomic E-state index is 12.5. The number of nitro groups is 1. The fraction of sp³-hybridized carbons (Fsp3) is 0.0680. The van der Waals surface area contributed by atoms with Gasteiger partial charge in [0, 0.05) is 132 Å². The van der Waals surface area contributed by atoms with E-state index in [1.807, 2.05) is 248 Å².